The number of allylic oxidation sites excluding steroid dienone is 3. The fourth-order valence-corrected chi connectivity index (χ4v) is 1.89. The van der Waals surface area contributed by atoms with Gasteiger partial charge >= 0.3 is 5.97 Å². The van der Waals surface area contributed by atoms with E-state index in [1.165, 1.54) is 5.57 Å². The number of carbonyl (C=O) groups is 1. The van der Waals surface area contributed by atoms with Crippen LogP contribution in [0.5, 0.6) is 5.75 Å². The molecule has 1 aromatic rings. The van der Waals surface area contributed by atoms with Crippen molar-refractivity contribution in [1.29, 1.82) is 0 Å². The number of carbonyl (C=O) groups excluding carboxylic acids is 1. The molecule has 0 atom stereocenters. The fourth-order valence-electron chi connectivity index (χ4n) is 1.89. The molecule has 0 saturated heterocycles. The lowest BCUT2D eigenvalue weighted by Crippen LogP contribution is -2.39. The lowest BCUT2D eigenvalue weighted by Gasteiger charge is -2.32. The minimum atomic E-state index is -0.910. The summed E-state index contributed by atoms with van der Waals surface area (Å²) in [7, 11) is 0. The first kappa shape index (κ1) is 13.4. The maximum atomic E-state index is 12.1. The molecular weight excluding hydrogens is 240 g/mol. The van der Waals surface area contributed by atoms with Crippen molar-refractivity contribution >= 4 is 12.0 Å². The number of benzene rings is 1. The normalized spacial score (nSPS) is 16.5. The molecule has 19 heavy (non-hydrogen) atoms. The van der Waals surface area contributed by atoms with Crippen LogP contribution in [-0.2, 0) is 4.74 Å². The predicted octanol–water partition coefficient (Wildman–Crippen LogP) is 3.95. The first-order valence-corrected chi connectivity index (χ1v) is 6.26. The third-order valence-corrected chi connectivity index (χ3v) is 2.66. The molecule has 0 radical (unpaired) electrons. The lowest BCUT2D eigenvalue weighted by molar-refractivity contribution is -0.127. The van der Waals surface area contributed by atoms with Crippen molar-refractivity contribution in [2.24, 2.45) is 0 Å². The monoisotopic (exact) mass is 258 g/mol. The largest absolute Gasteiger partial charge is 0.452 e. The van der Waals surface area contributed by atoms with Crippen LogP contribution in [0.1, 0.15) is 43.6 Å². The van der Waals surface area contributed by atoms with Crippen molar-refractivity contribution < 1.29 is 14.3 Å². The molecule has 0 unspecified atom stereocenters. The minimum absolute atomic E-state index is 0.344. The number of fused-ring (bicyclic) bond motifs is 1. The Balaban J connectivity index is 2.42. The van der Waals surface area contributed by atoms with Crippen molar-refractivity contribution in [1.82, 2.24) is 0 Å². The van der Waals surface area contributed by atoms with E-state index in [4.69, 9.17) is 9.47 Å². The maximum absolute atomic E-state index is 12.1. The van der Waals surface area contributed by atoms with Crippen LogP contribution in [0.15, 0.2) is 35.9 Å². The van der Waals surface area contributed by atoms with E-state index in [1.54, 1.807) is 19.9 Å². The molecule has 0 bridgehead atoms. The van der Waals surface area contributed by atoms with Gasteiger partial charge in [0.2, 0.25) is 5.79 Å². The van der Waals surface area contributed by atoms with Crippen molar-refractivity contribution in [3.63, 3.8) is 0 Å². The summed E-state index contributed by atoms with van der Waals surface area (Å²) in [5.41, 5.74) is 2.48. The molecule has 0 aliphatic carbocycles. The van der Waals surface area contributed by atoms with E-state index in [0.717, 1.165) is 5.56 Å². The SMILES string of the molecule is CC(C)=C/C=C/c1cccc2c1C(=O)OC(C)(C)O2. The average molecular weight is 258 g/mol. The van der Waals surface area contributed by atoms with Gasteiger partial charge in [0.25, 0.3) is 0 Å². The summed E-state index contributed by atoms with van der Waals surface area (Å²) in [4.78, 5) is 12.1. The Morgan fingerprint density at radius 2 is 1.95 bits per heavy atom. The van der Waals surface area contributed by atoms with Gasteiger partial charge in [-0.25, -0.2) is 4.79 Å². The third kappa shape index (κ3) is 3.05. The first-order chi connectivity index (χ1) is 8.89. The zero-order chi connectivity index (χ0) is 14.0. The van der Waals surface area contributed by atoms with Crippen molar-refractivity contribution in [3.8, 4) is 5.75 Å². The van der Waals surface area contributed by atoms with Gasteiger partial charge in [-0.15, -0.1) is 0 Å². The van der Waals surface area contributed by atoms with Crippen molar-refractivity contribution in [2.45, 2.75) is 33.5 Å². The molecular formula is C16H18O3. The highest BCUT2D eigenvalue weighted by Crippen LogP contribution is 2.33. The summed E-state index contributed by atoms with van der Waals surface area (Å²) in [6.07, 6.45) is 5.78. The molecule has 0 aromatic heterocycles. The minimum Gasteiger partial charge on any atom is -0.452 e. The second kappa shape index (κ2) is 4.92. The zero-order valence-corrected chi connectivity index (χ0v) is 11.7. The lowest BCUT2D eigenvalue weighted by atomic mass is 10.0. The highest BCUT2D eigenvalue weighted by molar-refractivity contribution is 5.97. The molecule has 3 heteroatoms. The highest BCUT2D eigenvalue weighted by Gasteiger charge is 2.34. The van der Waals surface area contributed by atoms with Gasteiger partial charge in [0.15, 0.2) is 0 Å². The van der Waals surface area contributed by atoms with E-state index in [0.29, 0.717) is 11.3 Å². The Bertz CT molecular complexity index is 561. The maximum Gasteiger partial charge on any atom is 0.345 e. The third-order valence-electron chi connectivity index (χ3n) is 2.66. The summed E-state index contributed by atoms with van der Waals surface area (Å²) < 4.78 is 10.9. The Morgan fingerprint density at radius 1 is 1.21 bits per heavy atom. The first-order valence-electron chi connectivity index (χ1n) is 6.26. The summed E-state index contributed by atoms with van der Waals surface area (Å²) in [6, 6.07) is 5.53. The summed E-state index contributed by atoms with van der Waals surface area (Å²) in [5, 5.41) is 0. The molecule has 0 fully saturated rings. The van der Waals surface area contributed by atoms with Gasteiger partial charge in [-0.1, -0.05) is 35.9 Å². The number of ether oxygens (including phenoxy) is 2. The average Bonchev–Trinajstić information content (AvgIpc) is 2.26. The Morgan fingerprint density at radius 3 is 2.63 bits per heavy atom. The molecule has 100 valence electrons. The van der Waals surface area contributed by atoms with Gasteiger partial charge in [-0.05, 0) is 25.5 Å². The van der Waals surface area contributed by atoms with Crippen LogP contribution < -0.4 is 4.74 Å². The van der Waals surface area contributed by atoms with E-state index < -0.39 is 5.79 Å². The Hall–Kier alpha value is -2.03. The summed E-state index contributed by atoms with van der Waals surface area (Å²) >= 11 is 0. The summed E-state index contributed by atoms with van der Waals surface area (Å²) in [5.74, 6) is -0.684. The van der Waals surface area contributed by atoms with Crippen LogP contribution in [0.3, 0.4) is 0 Å². The van der Waals surface area contributed by atoms with Gasteiger partial charge in [-0.3, -0.25) is 0 Å². The molecule has 3 nitrogen and oxygen atoms in total. The van der Waals surface area contributed by atoms with Gasteiger partial charge < -0.3 is 9.47 Å². The van der Waals surface area contributed by atoms with E-state index in [1.807, 2.05) is 44.2 Å². The topological polar surface area (TPSA) is 35.5 Å². The Labute approximate surface area is 113 Å². The van der Waals surface area contributed by atoms with E-state index in [2.05, 4.69) is 0 Å². The molecule has 1 aromatic carbocycles. The van der Waals surface area contributed by atoms with Gasteiger partial charge in [-0.2, -0.15) is 0 Å². The molecule has 1 heterocycles. The van der Waals surface area contributed by atoms with E-state index >= 15 is 0 Å². The van der Waals surface area contributed by atoms with Crippen molar-refractivity contribution in [2.75, 3.05) is 0 Å². The van der Waals surface area contributed by atoms with Gasteiger partial charge in [0.1, 0.15) is 11.3 Å². The number of hydrogen-bond donors (Lipinski definition) is 0. The van der Waals surface area contributed by atoms with Crippen LogP contribution >= 0.6 is 0 Å². The number of hydrogen-bond acceptors (Lipinski definition) is 3. The predicted molar refractivity (Wildman–Crippen MR) is 75.0 cm³/mol. The highest BCUT2D eigenvalue weighted by atomic mass is 16.7. The van der Waals surface area contributed by atoms with E-state index in [-0.39, 0.29) is 5.97 Å². The van der Waals surface area contributed by atoms with Gasteiger partial charge in [0.05, 0.1) is 0 Å². The quantitative estimate of drug-likeness (QED) is 0.595. The van der Waals surface area contributed by atoms with Crippen LogP contribution in [0.25, 0.3) is 6.08 Å². The fraction of sp³-hybridized carbons (Fsp3) is 0.312. The molecule has 0 N–H and O–H groups in total. The molecule has 1 aliphatic rings. The molecule has 0 saturated carbocycles. The standard InChI is InChI=1S/C16H18O3/c1-11(2)7-5-8-12-9-6-10-13-14(12)15(17)19-16(3,4)18-13/h5-10H,1-4H3/b8-5+. The summed E-state index contributed by atoms with van der Waals surface area (Å²) in [6.45, 7) is 7.48. The van der Waals surface area contributed by atoms with Crippen LogP contribution in [0.4, 0.5) is 0 Å². The second-order valence-electron chi connectivity index (χ2n) is 5.21. The smallest absolute Gasteiger partial charge is 0.345 e. The molecule has 1 aliphatic heterocycles. The van der Waals surface area contributed by atoms with Crippen LogP contribution in [0, 0.1) is 0 Å². The second-order valence-corrected chi connectivity index (χ2v) is 5.21. The molecule has 0 spiro atoms. The van der Waals surface area contributed by atoms with Crippen LogP contribution in [0.2, 0.25) is 0 Å². The number of esters is 1. The number of cyclic esters (lactones) is 1. The van der Waals surface area contributed by atoms with Crippen molar-refractivity contribution in [3.05, 3.63) is 47.1 Å². The number of rotatable bonds is 2. The molecule has 0 amide bonds. The zero-order valence-electron chi connectivity index (χ0n) is 11.7. The molecule has 2 rings (SSSR count). The van der Waals surface area contributed by atoms with Crippen LogP contribution in [-0.4, -0.2) is 11.8 Å². The van der Waals surface area contributed by atoms with E-state index in [9.17, 15) is 4.79 Å². The van der Waals surface area contributed by atoms with Gasteiger partial charge in [0, 0.05) is 13.8 Å². The Kier molecular flexibility index (Phi) is 3.47.